The minimum absolute atomic E-state index is 0.0431. The predicted molar refractivity (Wildman–Crippen MR) is 137 cm³/mol. The van der Waals surface area contributed by atoms with E-state index in [9.17, 15) is 21.6 Å². The van der Waals surface area contributed by atoms with Crippen LogP contribution in [0.2, 0.25) is 0 Å². The van der Waals surface area contributed by atoms with Crippen molar-refractivity contribution in [2.45, 2.75) is 17.5 Å². The largest absolute Gasteiger partial charge is 0.457 e. The number of alkyl halides is 3. The van der Waals surface area contributed by atoms with Gasteiger partial charge in [-0.1, -0.05) is 36.3 Å². The average molecular weight is 525 g/mol. The molecule has 3 aromatic carbocycles. The van der Waals surface area contributed by atoms with E-state index in [4.69, 9.17) is 11.2 Å². The van der Waals surface area contributed by atoms with Gasteiger partial charge in [-0.05, 0) is 66.6 Å². The van der Waals surface area contributed by atoms with Crippen LogP contribution in [0, 0.1) is 12.3 Å². The molecule has 4 aromatic rings. The predicted octanol–water partition coefficient (Wildman–Crippen LogP) is 6.10. The van der Waals surface area contributed by atoms with Crippen LogP contribution in [0.3, 0.4) is 0 Å². The van der Waals surface area contributed by atoms with Crippen molar-refractivity contribution in [2.75, 3.05) is 18.8 Å². The van der Waals surface area contributed by atoms with Gasteiger partial charge >= 0.3 is 6.18 Å². The summed E-state index contributed by atoms with van der Waals surface area (Å²) >= 11 is 0. The van der Waals surface area contributed by atoms with Gasteiger partial charge in [0.25, 0.3) is 0 Å². The Morgan fingerprint density at radius 1 is 0.973 bits per heavy atom. The Labute approximate surface area is 213 Å². The molecule has 0 atom stereocenters. The van der Waals surface area contributed by atoms with E-state index in [0.29, 0.717) is 47.5 Å². The second-order valence-corrected chi connectivity index (χ2v) is 10.3. The van der Waals surface area contributed by atoms with E-state index in [1.54, 1.807) is 48.5 Å². The van der Waals surface area contributed by atoms with Crippen molar-refractivity contribution in [3.05, 3.63) is 84.6 Å². The normalized spacial score (nSPS) is 11.8. The van der Waals surface area contributed by atoms with E-state index >= 15 is 0 Å². The van der Waals surface area contributed by atoms with E-state index in [1.165, 1.54) is 24.4 Å². The van der Waals surface area contributed by atoms with Crippen LogP contribution >= 0.6 is 0 Å². The monoisotopic (exact) mass is 524 g/mol. The maximum absolute atomic E-state index is 13.5. The molecule has 0 fully saturated rings. The zero-order valence-electron chi connectivity index (χ0n) is 19.6. The van der Waals surface area contributed by atoms with Crippen LogP contribution in [0.5, 0.6) is 11.5 Å². The number of benzene rings is 3. The van der Waals surface area contributed by atoms with E-state index in [2.05, 4.69) is 16.2 Å². The van der Waals surface area contributed by atoms with Crippen molar-refractivity contribution < 1.29 is 26.3 Å². The molecule has 0 unspecified atom stereocenters. The molecule has 0 aliphatic heterocycles. The third-order valence-electron chi connectivity index (χ3n) is 5.62. The topological polar surface area (TPSA) is 68.3 Å². The van der Waals surface area contributed by atoms with Gasteiger partial charge in [-0.25, -0.2) is 8.42 Å². The summed E-state index contributed by atoms with van der Waals surface area (Å²) in [6.45, 7) is 0.863. The SMILES string of the molecule is C#CCNCCCS(=O)(=O)c1cccc(Oc2cccc(-c3ccnc4c(C(F)(F)F)cccc34)c2)c1. The number of nitrogens with one attached hydrogen (secondary N) is 1. The van der Waals surface area contributed by atoms with Crippen LogP contribution in [-0.4, -0.2) is 32.2 Å². The smallest absolute Gasteiger partial charge is 0.418 e. The molecule has 1 aromatic heterocycles. The molecule has 0 saturated heterocycles. The highest BCUT2D eigenvalue weighted by Gasteiger charge is 2.33. The van der Waals surface area contributed by atoms with Crippen LogP contribution in [0.25, 0.3) is 22.0 Å². The lowest BCUT2D eigenvalue weighted by Gasteiger charge is -2.13. The highest BCUT2D eigenvalue weighted by Crippen LogP contribution is 2.37. The number of para-hydroxylation sites is 1. The van der Waals surface area contributed by atoms with Gasteiger partial charge in [0.1, 0.15) is 11.5 Å². The molecule has 190 valence electrons. The first-order valence-corrected chi connectivity index (χ1v) is 13.0. The first kappa shape index (κ1) is 26.2. The lowest BCUT2D eigenvalue weighted by Crippen LogP contribution is -2.18. The Morgan fingerprint density at radius 3 is 2.46 bits per heavy atom. The lowest BCUT2D eigenvalue weighted by atomic mass is 9.99. The number of ether oxygens (including phenoxy) is 1. The van der Waals surface area contributed by atoms with Crippen LogP contribution in [0.4, 0.5) is 13.2 Å². The minimum atomic E-state index is -4.53. The summed E-state index contributed by atoms with van der Waals surface area (Å²) in [4.78, 5) is 4.11. The van der Waals surface area contributed by atoms with Gasteiger partial charge in [-0.2, -0.15) is 13.2 Å². The number of rotatable bonds is 9. The number of aromatic nitrogens is 1. The van der Waals surface area contributed by atoms with E-state index in [1.807, 2.05) is 0 Å². The molecule has 0 radical (unpaired) electrons. The molecule has 4 rings (SSSR count). The lowest BCUT2D eigenvalue weighted by molar-refractivity contribution is -0.136. The maximum atomic E-state index is 13.5. The van der Waals surface area contributed by atoms with Crippen molar-refractivity contribution in [1.29, 1.82) is 0 Å². The van der Waals surface area contributed by atoms with Crippen molar-refractivity contribution in [2.24, 2.45) is 0 Å². The number of hydrogen-bond donors (Lipinski definition) is 1. The first-order chi connectivity index (χ1) is 17.7. The number of sulfone groups is 1. The molecule has 1 N–H and O–H groups in total. The van der Waals surface area contributed by atoms with E-state index < -0.39 is 21.6 Å². The molecule has 0 spiro atoms. The molecule has 9 heteroatoms. The fourth-order valence-corrected chi connectivity index (χ4v) is 5.26. The summed E-state index contributed by atoms with van der Waals surface area (Å²) in [7, 11) is -3.52. The fourth-order valence-electron chi connectivity index (χ4n) is 3.92. The van der Waals surface area contributed by atoms with E-state index in [0.717, 1.165) is 6.07 Å². The molecule has 5 nitrogen and oxygen atoms in total. The molecule has 37 heavy (non-hydrogen) atoms. The Kier molecular flexibility index (Phi) is 7.81. The first-order valence-electron chi connectivity index (χ1n) is 11.4. The van der Waals surface area contributed by atoms with Crippen molar-refractivity contribution in [3.63, 3.8) is 0 Å². The molecule has 0 aliphatic carbocycles. The summed E-state index contributed by atoms with van der Waals surface area (Å²) in [5.41, 5.74) is 0.263. The Bertz CT molecular complexity index is 1560. The van der Waals surface area contributed by atoms with Gasteiger partial charge < -0.3 is 10.1 Å². The molecule has 0 aliphatic rings. The average Bonchev–Trinajstić information content (AvgIpc) is 2.87. The van der Waals surface area contributed by atoms with Crippen molar-refractivity contribution in [3.8, 4) is 35.0 Å². The Morgan fingerprint density at radius 2 is 1.70 bits per heavy atom. The van der Waals surface area contributed by atoms with Crippen molar-refractivity contribution >= 4 is 20.7 Å². The van der Waals surface area contributed by atoms with Gasteiger partial charge in [-0.3, -0.25) is 4.98 Å². The number of terminal acetylenes is 1. The van der Waals surface area contributed by atoms with E-state index in [-0.39, 0.29) is 16.2 Å². The van der Waals surface area contributed by atoms with Crippen LogP contribution in [-0.2, 0) is 16.0 Å². The zero-order chi connectivity index (χ0) is 26.5. The van der Waals surface area contributed by atoms with Crippen molar-refractivity contribution in [1.82, 2.24) is 10.3 Å². The third kappa shape index (κ3) is 6.28. The summed E-state index contributed by atoms with van der Waals surface area (Å²) in [5.74, 6) is 3.12. The molecule has 0 saturated carbocycles. The fraction of sp³-hybridized carbons (Fsp3) is 0.179. The molecular formula is C28H23F3N2O3S. The van der Waals surface area contributed by atoms with Crippen LogP contribution in [0.1, 0.15) is 12.0 Å². The number of hydrogen-bond acceptors (Lipinski definition) is 5. The number of fused-ring (bicyclic) bond motifs is 1. The molecule has 0 bridgehead atoms. The van der Waals surface area contributed by atoms with Gasteiger partial charge in [0.05, 0.1) is 28.3 Å². The number of halogens is 3. The number of pyridine rings is 1. The summed E-state index contributed by atoms with van der Waals surface area (Å²) in [6, 6.07) is 18.6. The quantitative estimate of drug-likeness (QED) is 0.212. The van der Waals surface area contributed by atoms with Gasteiger partial charge in [0.2, 0.25) is 0 Å². The zero-order valence-corrected chi connectivity index (χ0v) is 20.4. The molecule has 0 amide bonds. The molecule has 1 heterocycles. The molecular weight excluding hydrogens is 501 g/mol. The third-order valence-corrected chi connectivity index (χ3v) is 7.41. The Hall–Kier alpha value is -3.87. The van der Waals surface area contributed by atoms with Gasteiger partial charge in [0.15, 0.2) is 9.84 Å². The van der Waals surface area contributed by atoms with Gasteiger partial charge in [-0.15, -0.1) is 6.42 Å². The second-order valence-electron chi connectivity index (χ2n) is 8.22. The van der Waals surface area contributed by atoms with Crippen LogP contribution < -0.4 is 10.1 Å². The summed E-state index contributed by atoms with van der Waals surface area (Å²) in [5, 5.41) is 3.32. The highest BCUT2D eigenvalue weighted by molar-refractivity contribution is 7.91. The minimum Gasteiger partial charge on any atom is -0.457 e. The highest BCUT2D eigenvalue weighted by atomic mass is 32.2. The van der Waals surface area contributed by atoms with Crippen LogP contribution in [0.15, 0.2) is 83.9 Å². The second kappa shape index (κ2) is 11.0. The summed E-state index contributed by atoms with van der Waals surface area (Å²) < 4.78 is 71.8. The number of nitrogens with zero attached hydrogens (tertiary/aromatic N) is 1. The van der Waals surface area contributed by atoms with Gasteiger partial charge in [0, 0.05) is 11.6 Å². The maximum Gasteiger partial charge on any atom is 0.418 e. The standard InChI is InChI=1S/C28H23F3N2O3S/c1-2-14-32-15-6-17-37(34,35)23-10-4-9-22(19-23)36-21-8-3-7-20(18-21)24-13-16-33-27-25(24)11-5-12-26(27)28(29,30)31/h1,3-5,7-13,16,18-19,32H,6,14-15,17H2. The Balaban J connectivity index is 1.58. The summed E-state index contributed by atoms with van der Waals surface area (Å²) in [6.07, 6.45) is 2.39.